The lowest BCUT2D eigenvalue weighted by atomic mass is 10.0. The molecule has 0 aliphatic rings. The highest BCUT2D eigenvalue weighted by Crippen LogP contribution is 2.27. The molecule has 112 valence electrons. The average molecular weight is 286 g/mol. The molecule has 0 atom stereocenters. The quantitative estimate of drug-likeness (QED) is 0.826. The van der Waals surface area contributed by atoms with Crippen LogP contribution in [0.25, 0.3) is 0 Å². The van der Waals surface area contributed by atoms with E-state index in [1.807, 2.05) is 46.8 Å². The minimum Gasteiger partial charge on any atom is -0.486 e. The van der Waals surface area contributed by atoms with Crippen LogP contribution < -0.4 is 4.74 Å². The third-order valence-electron chi connectivity index (χ3n) is 2.88. The minimum absolute atomic E-state index is 0.186. The molecule has 0 saturated carbocycles. The van der Waals surface area contributed by atoms with Gasteiger partial charge >= 0.3 is 0 Å². The Morgan fingerprint density at radius 3 is 2.24 bits per heavy atom. The smallest absolute Gasteiger partial charge is 0.139 e. The highest BCUT2D eigenvalue weighted by Gasteiger charge is 2.23. The Morgan fingerprint density at radius 2 is 1.71 bits per heavy atom. The van der Waals surface area contributed by atoms with Gasteiger partial charge in [-0.25, -0.2) is 0 Å². The Hall–Kier alpha value is -2.04. The predicted octanol–water partition coefficient (Wildman–Crippen LogP) is 3.79. The van der Waals surface area contributed by atoms with Crippen LogP contribution in [0.3, 0.4) is 0 Å². The molecule has 0 saturated heterocycles. The summed E-state index contributed by atoms with van der Waals surface area (Å²) in [5.74, 6) is 0.442. The number of rotatable bonds is 5. The summed E-state index contributed by atoms with van der Waals surface area (Å²) < 4.78 is 11.6. The largest absolute Gasteiger partial charge is 0.486 e. The second kappa shape index (κ2) is 6.61. The Balaban J connectivity index is 2.81. The first-order valence-electron chi connectivity index (χ1n) is 6.95. The molecular formula is C17H22N2O2. The topological polar surface area (TPSA) is 66.0 Å². The molecule has 0 spiro atoms. The van der Waals surface area contributed by atoms with E-state index in [0.717, 1.165) is 0 Å². The molecule has 0 N–H and O–H groups in total. The zero-order chi connectivity index (χ0) is 16.1. The van der Waals surface area contributed by atoms with Gasteiger partial charge in [0.1, 0.15) is 29.1 Å². The number of hydrogen-bond donors (Lipinski definition) is 0. The van der Waals surface area contributed by atoms with Crippen molar-refractivity contribution in [2.24, 2.45) is 0 Å². The maximum Gasteiger partial charge on any atom is 0.139 e. The molecule has 1 aromatic rings. The Kier molecular flexibility index (Phi) is 5.35. The van der Waals surface area contributed by atoms with Gasteiger partial charge in [0.05, 0.1) is 17.8 Å². The van der Waals surface area contributed by atoms with Crippen molar-refractivity contribution in [1.29, 1.82) is 10.5 Å². The fourth-order valence-corrected chi connectivity index (χ4v) is 1.78. The molecule has 0 fully saturated rings. The van der Waals surface area contributed by atoms with E-state index in [-0.39, 0.29) is 11.2 Å². The van der Waals surface area contributed by atoms with Crippen LogP contribution in [0.2, 0.25) is 0 Å². The van der Waals surface area contributed by atoms with Crippen molar-refractivity contribution in [3.8, 4) is 17.9 Å². The third kappa shape index (κ3) is 5.45. The fourth-order valence-electron chi connectivity index (χ4n) is 1.78. The predicted molar refractivity (Wildman–Crippen MR) is 80.9 cm³/mol. The van der Waals surface area contributed by atoms with Gasteiger partial charge in [-0.3, -0.25) is 0 Å². The molecule has 21 heavy (non-hydrogen) atoms. The number of hydrogen-bond acceptors (Lipinski definition) is 4. The SMILES string of the molecule is CC(C)(C)OCCC(C)(C)Oc1cccc(C#N)c1C#N. The van der Waals surface area contributed by atoms with E-state index >= 15 is 0 Å². The van der Waals surface area contributed by atoms with Crippen molar-refractivity contribution in [3.63, 3.8) is 0 Å². The van der Waals surface area contributed by atoms with E-state index in [0.29, 0.717) is 24.3 Å². The van der Waals surface area contributed by atoms with Crippen molar-refractivity contribution in [3.05, 3.63) is 29.3 Å². The second-order valence-electron chi connectivity index (χ2n) is 6.47. The number of benzene rings is 1. The van der Waals surface area contributed by atoms with E-state index in [2.05, 4.69) is 0 Å². The molecule has 0 bridgehead atoms. The van der Waals surface area contributed by atoms with Crippen LogP contribution in [-0.2, 0) is 4.74 Å². The van der Waals surface area contributed by atoms with Gasteiger partial charge in [-0.1, -0.05) is 6.07 Å². The van der Waals surface area contributed by atoms with E-state index < -0.39 is 5.60 Å². The summed E-state index contributed by atoms with van der Waals surface area (Å²) in [5, 5.41) is 18.2. The molecule has 0 aliphatic heterocycles. The fraction of sp³-hybridized carbons (Fsp3) is 0.529. The van der Waals surface area contributed by atoms with Crippen LogP contribution in [-0.4, -0.2) is 17.8 Å². The molecule has 0 aliphatic carbocycles. The molecule has 0 radical (unpaired) electrons. The molecular weight excluding hydrogens is 264 g/mol. The van der Waals surface area contributed by atoms with Crippen LogP contribution in [0, 0.1) is 22.7 Å². The Morgan fingerprint density at radius 1 is 1.05 bits per heavy atom. The maximum absolute atomic E-state index is 9.20. The van der Waals surface area contributed by atoms with Crippen LogP contribution in [0.4, 0.5) is 0 Å². The lowest BCUT2D eigenvalue weighted by Gasteiger charge is -2.29. The lowest BCUT2D eigenvalue weighted by Crippen LogP contribution is -2.32. The first kappa shape index (κ1) is 17.0. The zero-order valence-electron chi connectivity index (χ0n) is 13.4. The molecule has 4 heteroatoms. The summed E-state index contributed by atoms with van der Waals surface area (Å²) in [4.78, 5) is 0. The average Bonchev–Trinajstić information content (AvgIpc) is 2.35. The minimum atomic E-state index is -0.481. The molecule has 4 nitrogen and oxygen atoms in total. The van der Waals surface area contributed by atoms with E-state index in [1.165, 1.54) is 0 Å². The lowest BCUT2D eigenvalue weighted by molar-refractivity contribution is -0.0293. The summed E-state index contributed by atoms with van der Waals surface area (Å²) in [6.45, 7) is 10.5. The van der Waals surface area contributed by atoms with Crippen LogP contribution in [0.5, 0.6) is 5.75 Å². The van der Waals surface area contributed by atoms with Crippen LogP contribution >= 0.6 is 0 Å². The first-order chi connectivity index (χ1) is 9.68. The van der Waals surface area contributed by atoms with Gasteiger partial charge in [0.25, 0.3) is 0 Å². The van der Waals surface area contributed by atoms with Crippen LogP contribution in [0.1, 0.15) is 52.2 Å². The molecule has 1 rings (SSSR count). The van der Waals surface area contributed by atoms with Gasteiger partial charge in [-0.05, 0) is 46.8 Å². The Labute approximate surface area is 126 Å². The molecule has 0 unspecified atom stereocenters. The summed E-state index contributed by atoms with van der Waals surface area (Å²) in [5.41, 5.74) is -0.0546. The monoisotopic (exact) mass is 286 g/mol. The van der Waals surface area contributed by atoms with Gasteiger partial charge in [0, 0.05) is 6.42 Å². The summed E-state index contributed by atoms with van der Waals surface area (Å²) in [6.07, 6.45) is 0.686. The molecule has 0 heterocycles. The highest BCUT2D eigenvalue weighted by atomic mass is 16.5. The van der Waals surface area contributed by atoms with Crippen molar-refractivity contribution >= 4 is 0 Å². The number of nitriles is 2. The second-order valence-corrected chi connectivity index (χ2v) is 6.47. The standard InChI is InChI=1S/C17H22N2O2/c1-16(2,3)20-10-9-17(4,5)21-15-8-6-7-13(11-18)14(15)12-19/h6-8H,9-10H2,1-5H3. The van der Waals surface area contributed by atoms with Crippen molar-refractivity contribution in [2.75, 3.05) is 6.61 Å². The van der Waals surface area contributed by atoms with Gasteiger partial charge in [0.2, 0.25) is 0 Å². The zero-order valence-corrected chi connectivity index (χ0v) is 13.4. The molecule has 0 amide bonds. The van der Waals surface area contributed by atoms with Gasteiger partial charge in [-0.2, -0.15) is 10.5 Å². The number of nitrogens with zero attached hydrogens (tertiary/aromatic N) is 2. The summed E-state index contributed by atoms with van der Waals surface area (Å²) in [6, 6.07) is 9.09. The molecule has 1 aromatic carbocycles. The highest BCUT2D eigenvalue weighted by molar-refractivity contribution is 5.54. The van der Waals surface area contributed by atoms with Gasteiger partial charge < -0.3 is 9.47 Å². The van der Waals surface area contributed by atoms with Crippen molar-refractivity contribution < 1.29 is 9.47 Å². The van der Waals surface area contributed by atoms with E-state index in [1.54, 1.807) is 18.2 Å². The summed E-state index contributed by atoms with van der Waals surface area (Å²) >= 11 is 0. The number of ether oxygens (including phenoxy) is 2. The van der Waals surface area contributed by atoms with E-state index in [9.17, 15) is 5.26 Å². The van der Waals surface area contributed by atoms with Crippen molar-refractivity contribution in [2.45, 2.75) is 52.2 Å². The van der Waals surface area contributed by atoms with E-state index in [4.69, 9.17) is 14.7 Å². The third-order valence-corrected chi connectivity index (χ3v) is 2.88. The normalized spacial score (nSPS) is 11.6. The Bertz CT molecular complexity index is 572. The summed E-state index contributed by atoms with van der Waals surface area (Å²) in [7, 11) is 0. The maximum atomic E-state index is 9.20. The van der Waals surface area contributed by atoms with Crippen LogP contribution in [0.15, 0.2) is 18.2 Å². The van der Waals surface area contributed by atoms with Gasteiger partial charge in [-0.15, -0.1) is 0 Å². The van der Waals surface area contributed by atoms with Gasteiger partial charge in [0.15, 0.2) is 0 Å². The first-order valence-corrected chi connectivity index (χ1v) is 6.95. The molecule has 0 aromatic heterocycles. The van der Waals surface area contributed by atoms with Crippen molar-refractivity contribution in [1.82, 2.24) is 0 Å².